The Morgan fingerprint density at radius 3 is 2.82 bits per heavy atom. The summed E-state index contributed by atoms with van der Waals surface area (Å²) in [6, 6.07) is 5.64. The number of ether oxygens (including phenoxy) is 1. The minimum Gasteiger partial charge on any atom is -0.497 e. The molecule has 0 aliphatic carbocycles. The third-order valence-electron chi connectivity index (χ3n) is 3.30. The summed E-state index contributed by atoms with van der Waals surface area (Å²) in [5.41, 5.74) is 1.58. The highest BCUT2D eigenvalue weighted by Crippen LogP contribution is 2.24. The van der Waals surface area contributed by atoms with E-state index in [0.29, 0.717) is 17.1 Å². The van der Waals surface area contributed by atoms with Crippen molar-refractivity contribution in [2.75, 3.05) is 20.2 Å². The SMILES string of the molecule is COc1ccc(C2CCCNC2)cc1B(O)O. The van der Waals surface area contributed by atoms with Gasteiger partial charge in [0.15, 0.2) is 0 Å². The molecular weight excluding hydrogens is 217 g/mol. The molecule has 1 aromatic rings. The maximum Gasteiger partial charge on any atom is 0.492 e. The Balaban J connectivity index is 2.26. The van der Waals surface area contributed by atoms with Gasteiger partial charge in [-0.05, 0) is 36.9 Å². The molecule has 3 N–H and O–H groups in total. The molecule has 1 aromatic carbocycles. The van der Waals surface area contributed by atoms with Crippen molar-refractivity contribution in [3.05, 3.63) is 23.8 Å². The molecule has 5 heteroatoms. The van der Waals surface area contributed by atoms with Crippen molar-refractivity contribution in [1.29, 1.82) is 0 Å². The normalized spacial score (nSPS) is 20.1. The molecule has 1 heterocycles. The fraction of sp³-hybridized carbons (Fsp3) is 0.500. The van der Waals surface area contributed by atoms with Crippen LogP contribution in [0.3, 0.4) is 0 Å². The predicted octanol–water partition coefficient (Wildman–Crippen LogP) is -0.158. The lowest BCUT2D eigenvalue weighted by atomic mass is 9.77. The van der Waals surface area contributed by atoms with Crippen LogP contribution < -0.4 is 15.5 Å². The quantitative estimate of drug-likeness (QED) is 0.637. The third kappa shape index (κ3) is 2.80. The number of benzene rings is 1. The Hall–Kier alpha value is -1.04. The summed E-state index contributed by atoms with van der Waals surface area (Å²) in [4.78, 5) is 0. The van der Waals surface area contributed by atoms with E-state index in [-0.39, 0.29) is 0 Å². The molecule has 17 heavy (non-hydrogen) atoms. The lowest BCUT2D eigenvalue weighted by molar-refractivity contribution is 0.402. The van der Waals surface area contributed by atoms with Gasteiger partial charge in [-0.25, -0.2) is 0 Å². The number of methoxy groups -OCH3 is 1. The Labute approximate surface area is 102 Å². The van der Waals surface area contributed by atoms with Gasteiger partial charge in [0, 0.05) is 12.0 Å². The molecule has 0 spiro atoms. The highest BCUT2D eigenvalue weighted by molar-refractivity contribution is 6.59. The fourth-order valence-corrected chi connectivity index (χ4v) is 2.34. The van der Waals surface area contributed by atoms with E-state index in [1.54, 1.807) is 6.07 Å². The molecule has 0 aromatic heterocycles. The monoisotopic (exact) mass is 235 g/mol. The van der Waals surface area contributed by atoms with Gasteiger partial charge in [0.25, 0.3) is 0 Å². The second-order valence-electron chi connectivity index (χ2n) is 4.42. The van der Waals surface area contributed by atoms with Crippen LogP contribution in [0, 0.1) is 0 Å². The molecule has 4 nitrogen and oxygen atoms in total. The van der Waals surface area contributed by atoms with Crippen LogP contribution in [0.25, 0.3) is 0 Å². The van der Waals surface area contributed by atoms with Gasteiger partial charge in [-0.2, -0.15) is 0 Å². The molecule has 1 fully saturated rings. The van der Waals surface area contributed by atoms with Crippen molar-refractivity contribution in [2.45, 2.75) is 18.8 Å². The molecule has 0 saturated carbocycles. The zero-order chi connectivity index (χ0) is 12.3. The first-order chi connectivity index (χ1) is 8.22. The summed E-state index contributed by atoms with van der Waals surface area (Å²) in [6.45, 7) is 2.02. The number of hydrogen-bond donors (Lipinski definition) is 3. The lowest BCUT2D eigenvalue weighted by Crippen LogP contribution is -2.33. The van der Waals surface area contributed by atoms with E-state index in [4.69, 9.17) is 4.74 Å². The van der Waals surface area contributed by atoms with Gasteiger partial charge in [0.1, 0.15) is 5.75 Å². The molecule has 1 unspecified atom stereocenters. The minimum atomic E-state index is -1.48. The first-order valence-corrected chi connectivity index (χ1v) is 5.97. The second kappa shape index (κ2) is 5.53. The van der Waals surface area contributed by atoms with Gasteiger partial charge in [-0.1, -0.05) is 12.1 Å². The molecule has 0 radical (unpaired) electrons. The van der Waals surface area contributed by atoms with E-state index >= 15 is 0 Å². The summed E-state index contributed by atoms with van der Waals surface area (Å²) in [5.74, 6) is 0.972. The number of rotatable bonds is 3. The molecule has 1 atom stereocenters. The Morgan fingerprint density at radius 1 is 1.41 bits per heavy atom. The first kappa shape index (κ1) is 12.4. The molecule has 92 valence electrons. The van der Waals surface area contributed by atoms with Crippen LogP contribution in [-0.4, -0.2) is 37.4 Å². The maximum atomic E-state index is 9.32. The molecule has 0 amide bonds. The third-order valence-corrected chi connectivity index (χ3v) is 3.30. The molecule has 1 saturated heterocycles. The van der Waals surface area contributed by atoms with Crippen molar-refractivity contribution in [1.82, 2.24) is 5.32 Å². The van der Waals surface area contributed by atoms with Crippen molar-refractivity contribution < 1.29 is 14.8 Å². The first-order valence-electron chi connectivity index (χ1n) is 5.97. The van der Waals surface area contributed by atoms with Crippen LogP contribution in [0.15, 0.2) is 18.2 Å². The Kier molecular flexibility index (Phi) is 4.04. The summed E-state index contributed by atoms with van der Waals surface area (Å²) in [7, 11) is 0.0460. The Bertz CT molecular complexity index is 378. The zero-order valence-corrected chi connectivity index (χ0v) is 10.0. The lowest BCUT2D eigenvalue weighted by Gasteiger charge is -2.24. The summed E-state index contributed by atoms with van der Waals surface area (Å²) in [5, 5.41) is 22.0. The zero-order valence-electron chi connectivity index (χ0n) is 10.0. The van der Waals surface area contributed by atoms with Crippen molar-refractivity contribution in [3.63, 3.8) is 0 Å². The van der Waals surface area contributed by atoms with Crippen LogP contribution in [-0.2, 0) is 0 Å². The van der Waals surface area contributed by atoms with Gasteiger partial charge in [-0.15, -0.1) is 0 Å². The smallest absolute Gasteiger partial charge is 0.492 e. The van der Waals surface area contributed by atoms with E-state index in [9.17, 15) is 10.0 Å². The standard InChI is InChI=1S/C12H18BNO3/c1-17-12-5-4-9(7-11(12)13(15)16)10-3-2-6-14-8-10/h4-5,7,10,14-16H,2-3,6,8H2,1H3. The van der Waals surface area contributed by atoms with E-state index < -0.39 is 7.12 Å². The topological polar surface area (TPSA) is 61.7 Å². The summed E-state index contributed by atoms with van der Waals surface area (Å²) >= 11 is 0. The molecule has 1 aliphatic heterocycles. The van der Waals surface area contributed by atoms with Gasteiger partial charge in [0.05, 0.1) is 7.11 Å². The number of nitrogens with one attached hydrogen (secondary N) is 1. The van der Waals surface area contributed by atoms with Crippen molar-refractivity contribution in [3.8, 4) is 5.75 Å². The number of piperidine rings is 1. The number of hydrogen-bond acceptors (Lipinski definition) is 4. The van der Waals surface area contributed by atoms with Gasteiger partial charge < -0.3 is 20.1 Å². The predicted molar refractivity (Wildman–Crippen MR) is 67.7 cm³/mol. The van der Waals surface area contributed by atoms with E-state index in [1.807, 2.05) is 12.1 Å². The van der Waals surface area contributed by atoms with Crippen LogP contribution in [0.2, 0.25) is 0 Å². The minimum absolute atomic E-state index is 0.440. The average Bonchev–Trinajstić information content (AvgIpc) is 2.39. The van der Waals surface area contributed by atoms with Gasteiger partial charge in [0.2, 0.25) is 0 Å². The summed E-state index contributed by atoms with van der Waals surface area (Å²) < 4.78 is 5.11. The summed E-state index contributed by atoms with van der Waals surface area (Å²) in [6.07, 6.45) is 2.30. The van der Waals surface area contributed by atoms with E-state index in [0.717, 1.165) is 31.5 Å². The molecule has 0 bridgehead atoms. The van der Waals surface area contributed by atoms with Crippen molar-refractivity contribution in [2.24, 2.45) is 0 Å². The van der Waals surface area contributed by atoms with Crippen LogP contribution in [0.5, 0.6) is 5.75 Å². The highest BCUT2D eigenvalue weighted by atomic mass is 16.5. The largest absolute Gasteiger partial charge is 0.497 e. The van der Waals surface area contributed by atoms with Crippen LogP contribution in [0.1, 0.15) is 24.3 Å². The Morgan fingerprint density at radius 2 is 2.24 bits per heavy atom. The van der Waals surface area contributed by atoms with Crippen molar-refractivity contribution >= 4 is 12.6 Å². The molecular formula is C12H18BNO3. The molecule has 1 aliphatic rings. The fourth-order valence-electron chi connectivity index (χ4n) is 2.34. The van der Waals surface area contributed by atoms with Gasteiger partial charge in [-0.3, -0.25) is 0 Å². The van der Waals surface area contributed by atoms with Crippen LogP contribution in [0.4, 0.5) is 0 Å². The maximum absolute atomic E-state index is 9.32. The second-order valence-corrected chi connectivity index (χ2v) is 4.42. The van der Waals surface area contributed by atoms with E-state index in [1.165, 1.54) is 7.11 Å². The van der Waals surface area contributed by atoms with Crippen LogP contribution >= 0.6 is 0 Å². The van der Waals surface area contributed by atoms with E-state index in [2.05, 4.69) is 5.32 Å². The molecule has 2 rings (SSSR count). The highest BCUT2D eigenvalue weighted by Gasteiger charge is 2.21. The van der Waals surface area contributed by atoms with Gasteiger partial charge >= 0.3 is 7.12 Å². The average molecular weight is 235 g/mol.